The van der Waals surface area contributed by atoms with E-state index in [0.29, 0.717) is 11.1 Å². The van der Waals surface area contributed by atoms with Crippen LogP contribution in [0.2, 0.25) is 0 Å². The topological polar surface area (TPSA) is 108 Å². The van der Waals surface area contributed by atoms with Crippen LogP contribution in [0.4, 0.5) is 4.79 Å². The number of alkyl carbamates (subject to hydrolysis) is 1. The summed E-state index contributed by atoms with van der Waals surface area (Å²) in [5, 5.41) is 15.0. The molecule has 0 bridgehead atoms. The van der Waals surface area contributed by atoms with Crippen molar-refractivity contribution < 1.29 is 24.2 Å². The van der Waals surface area contributed by atoms with Crippen molar-refractivity contribution in [3.05, 3.63) is 71.3 Å². The van der Waals surface area contributed by atoms with Crippen LogP contribution in [0.15, 0.2) is 54.6 Å². The largest absolute Gasteiger partial charge is 0.444 e. The van der Waals surface area contributed by atoms with Crippen molar-refractivity contribution in [3.63, 3.8) is 0 Å². The molecule has 8 nitrogen and oxygen atoms in total. The molecule has 0 heterocycles. The van der Waals surface area contributed by atoms with Crippen LogP contribution in [-0.2, 0) is 20.9 Å². The summed E-state index contributed by atoms with van der Waals surface area (Å²) in [5.41, 5.74) is 0.988. The molecule has 0 saturated carbocycles. The molecular formula is C26H31N3O5. The van der Waals surface area contributed by atoms with Gasteiger partial charge in [0.15, 0.2) is 0 Å². The van der Waals surface area contributed by atoms with E-state index in [1.54, 1.807) is 45.0 Å². The number of hydrogen-bond acceptors (Lipinski definition) is 5. The Labute approximate surface area is 200 Å². The van der Waals surface area contributed by atoms with Crippen molar-refractivity contribution in [2.75, 3.05) is 13.7 Å². The van der Waals surface area contributed by atoms with Crippen LogP contribution in [0.25, 0.3) is 0 Å². The summed E-state index contributed by atoms with van der Waals surface area (Å²) in [6.45, 7) is 4.60. The molecule has 3 N–H and O–H groups in total. The summed E-state index contributed by atoms with van der Waals surface area (Å²) < 4.78 is 5.18. The van der Waals surface area contributed by atoms with Gasteiger partial charge in [0, 0.05) is 19.2 Å². The number of carbonyl (C=O) groups is 3. The van der Waals surface area contributed by atoms with Gasteiger partial charge in [-0.2, -0.15) is 0 Å². The Kier molecular flexibility index (Phi) is 9.22. The molecule has 2 unspecified atom stereocenters. The minimum Gasteiger partial charge on any atom is -0.444 e. The van der Waals surface area contributed by atoms with Gasteiger partial charge in [-0.15, -0.1) is 6.42 Å². The molecule has 2 aromatic rings. The molecule has 0 aliphatic carbocycles. The minimum atomic E-state index is -1.32. The number of aliphatic hydroxyl groups is 1. The zero-order chi connectivity index (χ0) is 25.3. The number of carbonyl (C=O) groups excluding carboxylic acids is 3. The molecule has 34 heavy (non-hydrogen) atoms. The third kappa shape index (κ3) is 7.36. The van der Waals surface area contributed by atoms with Gasteiger partial charge in [0.05, 0.1) is 6.61 Å². The van der Waals surface area contributed by atoms with Crippen LogP contribution in [0.1, 0.15) is 43.5 Å². The number of hydrogen-bond donors (Lipinski definition) is 3. The fraction of sp³-hybridized carbons (Fsp3) is 0.346. The maximum atomic E-state index is 13.3. The monoisotopic (exact) mass is 465 g/mol. The van der Waals surface area contributed by atoms with Crippen molar-refractivity contribution in [1.82, 2.24) is 15.5 Å². The van der Waals surface area contributed by atoms with Crippen LogP contribution < -0.4 is 10.6 Å². The number of ether oxygens (including phenoxy) is 1. The summed E-state index contributed by atoms with van der Waals surface area (Å²) in [6, 6.07) is 13.7. The number of nitrogens with one attached hydrogen (secondary N) is 2. The van der Waals surface area contributed by atoms with E-state index in [1.165, 1.54) is 7.05 Å². The van der Waals surface area contributed by atoms with Gasteiger partial charge >= 0.3 is 6.09 Å². The predicted molar refractivity (Wildman–Crippen MR) is 128 cm³/mol. The van der Waals surface area contributed by atoms with Gasteiger partial charge in [0.1, 0.15) is 17.7 Å². The molecule has 2 atom stereocenters. The summed E-state index contributed by atoms with van der Waals surface area (Å²) in [7, 11) is 1.42. The lowest BCUT2D eigenvalue weighted by molar-refractivity contribution is -0.141. The number of amides is 3. The number of rotatable bonds is 8. The highest BCUT2D eigenvalue weighted by atomic mass is 16.6. The van der Waals surface area contributed by atoms with Crippen LogP contribution in [0, 0.1) is 12.3 Å². The van der Waals surface area contributed by atoms with Crippen molar-refractivity contribution >= 4 is 17.9 Å². The van der Waals surface area contributed by atoms with Gasteiger partial charge in [-0.25, -0.2) is 4.79 Å². The SMILES string of the molecule is C#Cc1ccccc1C(C(=O)NCc1ccccc1)N(C)C(=O)C(CO)NC(=O)OC(C)(C)C. The van der Waals surface area contributed by atoms with Crippen molar-refractivity contribution in [1.29, 1.82) is 0 Å². The Bertz CT molecular complexity index is 1040. The molecule has 0 saturated heterocycles. The van der Waals surface area contributed by atoms with Gasteiger partial charge in [0.2, 0.25) is 11.8 Å². The molecular weight excluding hydrogens is 434 g/mol. The lowest BCUT2D eigenvalue weighted by Gasteiger charge is -2.31. The van der Waals surface area contributed by atoms with E-state index >= 15 is 0 Å². The molecule has 0 fully saturated rings. The molecule has 2 aromatic carbocycles. The highest BCUT2D eigenvalue weighted by molar-refractivity contribution is 5.92. The highest BCUT2D eigenvalue weighted by Gasteiger charge is 2.34. The second kappa shape index (κ2) is 11.9. The normalized spacial score (nSPS) is 12.6. The van der Waals surface area contributed by atoms with Crippen LogP contribution in [-0.4, -0.2) is 53.2 Å². The lowest BCUT2D eigenvalue weighted by atomic mass is 9.98. The molecule has 2 rings (SSSR count). The van der Waals surface area contributed by atoms with E-state index in [4.69, 9.17) is 11.2 Å². The number of likely N-dealkylation sites (N-methyl/N-ethyl adjacent to an activating group) is 1. The molecule has 8 heteroatoms. The maximum absolute atomic E-state index is 13.3. The molecule has 0 radical (unpaired) electrons. The first-order valence-corrected chi connectivity index (χ1v) is 10.8. The number of terminal acetylenes is 1. The smallest absolute Gasteiger partial charge is 0.408 e. The van der Waals surface area contributed by atoms with Gasteiger partial charge in [-0.3, -0.25) is 9.59 Å². The Morgan fingerprint density at radius 2 is 1.71 bits per heavy atom. The van der Waals surface area contributed by atoms with Crippen molar-refractivity contribution in [2.24, 2.45) is 0 Å². The van der Waals surface area contributed by atoms with E-state index in [-0.39, 0.29) is 6.54 Å². The summed E-state index contributed by atoms with van der Waals surface area (Å²) in [5.74, 6) is 1.40. The lowest BCUT2D eigenvalue weighted by Crippen LogP contribution is -2.53. The molecule has 0 aromatic heterocycles. The van der Waals surface area contributed by atoms with E-state index < -0.39 is 42.2 Å². The van der Waals surface area contributed by atoms with E-state index in [2.05, 4.69) is 16.6 Å². The average Bonchev–Trinajstić information content (AvgIpc) is 2.80. The average molecular weight is 466 g/mol. The molecule has 0 aliphatic rings. The van der Waals surface area contributed by atoms with Crippen molar-refractivity contribution in [3.8, 4) is 12.3 Å². The second-order valence-electron chi connectivity index (χ2n) is 8.67. The Morgan fingerprint density at radius 3 is 2.29 bits per heavy atom. The number of nitrogens with zero attached hydrogens (tertiary/aromatic N) is 1. The van der Waals surface area contributed by atoms with Gasteiger partial charge in [-0.05, 0) is 38.0 Å². The zero-order valence-corrected chi connectivity index (χ0v) is 19.9. The predicted octanol–water partition coefficient (Wildman–Crippen LogP) is 2.37. The van der Waals surface area contributed by atoms with Crippen LogP contribution in [0.5, 0.6) is 0 Å². The van der Waals surface area contributed by atoms with Gasteiger partial charge in [-0.1, -0.05) is 54.5 Å². The first-order valence-electron chi connectivity index (χ1n) is 10.8. The maximum Gasteiger partial charge on any atom is 0.408 e. The molecule has 0 aliphatic heterocycles. The van der Waals surface area contributed by atoms with Crippen LogP contribution >= 0.6 is 0 Å². The zero-order valence-electron chi connectivity index (χ0n) is 19.9. The minimum absolute atomic E-state index is 0.246. The Morgan fingerprint density at radius 1 is 1.09 bits per heavy atom. The fourth-order valence-electron chi connectivity index (χ4n) is 3.28. The second-order valence-corrected chi connectivity index (χ2v) is 8.67. The quantitative estimate of drug-likeness (QED) is 0.519. The van der Waals surface area contributed by atoms with Crippen molar-refractivity contribution in [2.45, 2.75) is 45.0 Å². The van der Waals surface area contributed by atoms with E-state index in [9.17, 15) is 19.5 Å². The molecule has 180 valence electrons. The third-order valence-corrected chi connectivity index (χ3v) is 4.88. The third-order valence-electron chi connectivity index (χ3n) is 4.88. The number of aliphatic hydroxyl groups excluding tert-OH is 1. The van der Waals surface area contributed by atoms with Gasteiger partial charge < -0.3 is 25.4 Å². The Balaban J connectivity index is 2.31. The highest BCUT2D eigenvalue weighted by Crippen LogP contribution is 2.24. The van der Waals surface area contributed by atoms with Gasteiger partial charge in [0.25, 0.3) is 0 Å². The molecule has 3 amide bonds. The van der Waals surface area contributed by atoms with E-state index in [1.807, 2.05) is 30.3 Å². The molecule has 0 spiro atoms. The Hall–Kier alpha value is -3.83. The summed E-state index contributed by atoms with van der Waals surface area (Å²) >= 11 is 0. The first kappa shape index (κ1) is 26.4. The first-order chi connectivity index (χ1) is 16.1. The fourth-order valence-corrected chi connectivity index (χ4v) is 3.28. The number of benzene rings is 2. The summed E-state index contributed by atoms with van der Waals surface area (Å²) in [6.07, 6.45) is 4.78. The standard InChI is InChI=1S/C26H31N3O5/c1-6-19-14-10-11-15-20(19)22(23(31)27-16-18-12-8-7-9-13-18)29(5)24(32)21(17-30)28-25(33)34-26(2,3)4/h1,7-15,21-22,30H,16-17H2,2-5H3,(H,27,31)(H,28,33). The van der Waals surface area contributed by atoms with E-state index in [0.717, 1.165) is 10.5 Å². The summed E-state index contributed by atoms with van der Waals surface area (Å²) in [4.78, 5) is 39.9. The van der Waals surface area contributed by atoms with Crippen LogP contribution in [0.3, 0.4) is 0 Å².